The van der Waals surface area contributed by atoms with Crippen LogP contribution in [0.1, 0.15) is 15.9 Å². The SMILES string of the molecule is CN=C(NCc1ccc(OC)c(C(=O)OC)c1)N1CCN(c2ccccc2)CC1.I. The summed E-state index contributed by atoms with van der Waals surface area (Å²) in [5.41, 5.74) is 2.62. The number of piperazine rings is 1. The summed E-state index contributed by atoms with van der Waals surface area (Å²) < 4.78 is 10.1. The van der Waals surface area contributed by atoms with Crippen molar-refractivity contribution in [1.29, 1.82) is 0 Å². The molecular weight excluding hydrogens is 495 g/mol. The minimum atomic E-state index is -0.412. The van der Waals surface area contributed by atoms with E-state index in [9.17, 15) is 4.79 Å². The molecule has 0 amide bonds. The third kappa shape index (κ3) is 5.78. The molecule has 0 aromatic heterocycles. The van der Waals surface area contributed by atoms with E-state index in [-0.39, 0.29) is 24.0 Å². The molecule has 7 nitrogen and oxygen atoms in total. The van der Waals surface area contributed by atoms with Crippen LogP contribution >= 0.6 is 24.0 Å². The highest BCUT2D eigenvalue weighted by atomic mass is 127. The molecule has 2 aromatic carbocycles. The average Bonchev–Trinajstić information content (AvgIpc) is 2.79. The molecule has 1 aliphatic rings. The first-order valence-electron chi connectivity index (χ1n) is 9.67. The largest absolute Gasteiger partial charge is 0.496 e. The van der Waals surface area contributed by atoms with Gasteiger partial charge in [0, 0.05) is 45.5 Å². The number of halogens is 1. The van der Waals surface area contributed by atoms with Gasteiger partial charge >= 0.3 is 5.97 Å². The fourth-order valence-electron chi connectivity index (χ4n) is 3.46. The van der Waals surface area contributed by atoms with Crippen molar-refractivity contribution in [2.24, 2.45) is 4.99 Å². The molecule has 0 atom stereocenters. The Balaban J connectivity index is 0.00000320. The summed E-state index contributed by atoms with van der Waals surface area (Å²) in [6.07, 6.45) is 0. The van der Waals surface area contributed by atoms with Crippen molar-refractivity contribution < 1.29 is 14.3 Å². The number of esters is 1. The van der Waals surface area contributed by atoms with Gasteiger partial charge in [0.15, 0.2) is 5.96 Å². The van der Waals surface area contributed by atoms with Crippen molar-refractivity contribution >= 4 is 41.6 Å². The number of nitrogens with one attached hydrogen (secondary N) is 1. The second kappa shape index (κ2) is 11.6. The second-order valence-electron chi connectivity index (χ2n) is 6.74. The van der Waals surface area contributed by atoms with Crippen LogP contribution < -0.4 is 15.0 Å². The van der Waals surface area contributed by atoms with Crippen LogP contribution in [0.2, 0.25) is 0 Å². The lowest BCUT2D eigenvalue weighted by molar-refractivity contribution is 0.0597. The Morgan fingerprint density at radius 2 is 1.77 bits per heavy atom. The fraction of sp³-hybridized carbons (Fsp3) is 0.364. The van der Waals surface area contributed by atoms with E-state index in [1.165, 1.54) is 19.9 Å². The molecule has 1 N–H and O–H groups in total. The van der Waals surface area contributed by atoms with Gasteiger partial charge in [-0.05, 0) is 29.8 Å². The number of anilines is 1. The second-order valence-corrected chi connectivity index (χ2v) is 6.74. The lowest BCUT2D eigenvalue weighted by Crippen LogP contribution is -2.52. The topological polar surface area (TPSA) is 66.4 Å². The summed E-state index contributed by atoms with van der Waals surface area (Å²) in [4.78, 5) is 21.0. The summed E-state index contributed by atoms with van der Waals surface area (Å²) in [7, 11) is 4.69. The normalized spacial score (nSPS) is 14.0. The Bertz CT molecular complexity index is 853. The highest BCUT2D eigenvalue weighted by Crippen LogP contribution is 2.21. The molecule has 0 radical (unpaired) electrons. The summed E-state index contributed by atoms with van der Waals surface area (Å²) in [5, 5.41) is 3.40. The Kier molecular flexibility index (Phi) is 9.22. The zero-order valence-electron chi connectivity index (χ0n) is 17.6. The molecule has 0 bridgehead atoms. The molecule has 0 unspecified atom stereocenters. The minimum Gasteiger partial charge on any atom is -0.496 e. The zero-order valence-corrected chi connectivity index (χ0v) is 20.0. The lowest BCUT2D eigenvalue weighted by Gasteiger charge is -2.37. The predicted molar refractivity (Wildman–Crippen MR) is 130 cm³/mol. The van der Waals surface area contributed by atoms with Crippen LogP contribution in [-0.4, -0.2) is 64.3 Å². The molecule has 0 aliphatic carbocycles. The van der Waals surface area contributed by atoms with E-state index in [0.717, 1.165) is 37.7 Å². The average molecular weight is 524 g/mol. The summed E-state index contributed by atoms with van der Waals surface area (Å²) in [6, 6.07) is 16.0. The molecule has 3 rings (SSSR count). The maximum atomic E-state index is 12.0. The predicted octanol–water partition coefficient (Wildman–Crippen LogP) is 3.00. The maximum absolute atomic E-state index is 12.0. The third-order valence-corrected chi connectivity index (χ3v) is 5.03. The van der Waals surface area contributed by atoms with Gasteiger partial charge in [-0.3, -0.25) is 4.99 Å². The number of carbonyl (C=O) groups is 1. The molecule has 30 heavy (non-hydrogen) atoms. The van der Waals surface area contributed by atoms with E-state index < -0.39 is 5.97 Å². The summed E-state index contributed by atoms with van der Waals surface area (Å²) >= 11 is 0. The van der Waals surface area contributed by atoms with Crippen molar-refractivity contribution in [1.82, 2.24) is 10.2 Å². The molecular formula is C22H29IN4O3. The number of benzene rings is 2. The molecule has 162 valence electrons. The quantitative estimate of drug-likeness (QED) is 0.281. The van der Waals surface area contributed by atoms with Gasteiger partial charge in [-0.25, -0.2) is 4.79 Å². The molecule has 1 saturated heterocycles. The highest BCUT2D eigenvalue weighted by Gasteiger charge is 2.20. The van der Waals surface area contributed by atoms with Gasteiger partial charge in [-0.15, -0.1) is 24.0 Å². The van der Waals surface area contributed by atoms with Crippen molar-refractivity contribution in [3.8, 4) is 5.75 Å². The van der Waals surface area contributed by atoms with Crippen LogP contribution in [0.25, 0.3) is 0 Å². The summed E-state index contributed by atoms with van der Waals surface area (Å²) in [6.45, 7) is 4.23. The van der Waals surface area contributed by atoms with Crippen LogP contribution in [0.3, 0.4) is 0 Å². The molecule has 1 heterocycles. The Morgan fingerprint density at radius 1 is 1.07 bits per heavy atom. The first kappa shape index (κ1) is 23.8. The number of carbonyl (C=O) groups excluding carboxylic acids is 1. The van der Waals surface area contributed by atoms with Crippen molar-refractivity contribution in [3.05, 3.63) is 59.7 Å². The van der Waals surface area contributed by atoms with Crippen LogP contribution in [-0.2, 0) is 11.3 Å². The number of guanidine groups is 1. The first-order valence-corrected chi connectivity index (χ1v) is 9.67. The number of hydrogen-bond donors (Lipinski definition) is 1. The number of rotatable bonds is 5. The minimum absolute atomic E-state index is 0. The fourth-order valence-corrected chi connectivity index (χ4v) is 3.46. The molecule has 0 spiro atoms. The van der Waals surface area contributed by atoms with E-state index in [2.05, 4.69) is 44.4 Å². The first-order chi connectivity index (χ1) is 14.2. The van der Waals surface area contributed by atoms with Gasteiger partial charge in [-0.2, -0.15) is 0 Å². The van der Waals surface area contributed by atoms with E-state index in [0.29, 0.717) is 17.9 Å². The van der Waals surface area contributed by atoms with Crippen LogP contribution in [0.15, 0.2) is 53.5 Å². The number of ether oxygens (including phenoxy) is 2. The standard InChI is InChI=1S/C22H28N4O3.HI/c1-23-22(26-13-11-25(12-14-26)18-7-5-4-6-8-18)24-16-17-9-10-20(28-2)19(15-17)21(27)29-3;/h4-10,15H,11-14,16H2,1-3H3,(H,23,24);1H. The van der Waals surface area contributed by atoms with Crippen LogP contribution in [0.5, 0.6) is 5.75 Å². The van der Waals surface area contributed by atoms with Crippen LogP contribution in [0, 0.1) is 0 Å². The number of hydrogen-bond acceptors (Lipinski definition) is 5. The van der Waals surface area contributed by atoms with E-state index in [1.807, 2.05) is 12.1 Å². The number of para-hydroxylation sites is 1. The number of aliphatic imine (C=N–C) groups is 1. The van der Waals surface area contributed by atoms with Crippen molar-refractivity contribution in [3.63, 3.8) is 0 Å². The van der Waals surface area contributed by atoms with E-state index >= 15 is 0 Å². The number of nitrogens with zero attached hydrogens (tertiary/aromatic N) is 3. The molecule has 1 aliphatic heterocycles. The highest BCUT2D eigenvalue weighted by molar-refractivity contribution is 14.0. The monoisotopic (exact) mass is 524 g/mol. The van der Waals surface area contributed by atoms with Crippen molar-refractivity contribution in [2.45, 2.75) is 6.54 Å². The Labute approximate surface area is 195 Å². The lowest BCUT2D eigenvalue weighted by atomic mass is 10.1. The molecule has 0 saturated carbocycles. The number of methoxy groups -OCH3 is 2. The van der Waals surface area contributed by atoms with Gasteiger partial charge in [0.25, 0.3) is 0 Å². The Hall–Kier alpha value is -2.49. The molecule has 2 aromatic rings. The van der Waals surface area contributed by atoms with E-state index in [4.69, 9.17) is 9.47 Å². The van der Waals surface area contributed by atoms with Crippen LogP contribution in [0.4, 0.5) is 5.69 Å². The summed E-state index contributed by atoms with van der Waals surface area (Å²) in [5.74, 6) is 0.945. The van der Waals surface area contributed by atoms with Gasteiger partial charge in [-0.1, -0.05) is 24.3 Å². The van der Waals surface area contributed by atoms with Gasteiger partial charge < -0.3 is 24.6 Å². The maximum Gasteiger partial charge on any atom is 0.341 e. The van der Waals surface area contributed by atoms with Crippen molar-refractivity contribution in [2.75, 3.05) is 52.3 Å². The smallest absolute Gasteiger partial charge is 0.341 e. The van der Waals surface area contributed by atoms with Gasteiger partial charge in [0.05, 0.1) is 14.2 Å². The molecule has 8 heteroatoms. The Morgan fingerprint density at radius 3 is 2.37 bits per heavy atom. The van der Waals surface area contributed by atoms with Gasteiger partial charge in [0.2, 0.25) is 0 Å². The zero-order chi connectivity index (χ0) is 20.6. The third-order valence-electron chi connectivity index (χ3n) is 5.03. The van der Waals surface area contributed by atoms with E-state index in [1.54, 1.807) is 19.2 Å². The van der Waals surface area contributed by atoms with Gasteiger partial charge in [0.1, 0.15) is 11.3 Å². The molecule has 1 fully saturated rings.